The van der Waals surface area contributed by atoms with E-state index in [0.29, 0.717) is 0 Å². The number of ether oxygens (including phenoxy) is 2. The van der Waals surface area contributed by atoms with E-state index in [-0.39, 0.29) is 11.0 Å². The zero-order chi connectivity index (χ0) is 11.1. The average molecular weight is 227 g/mol. The molecule has 0 bridgehead atoms. The zero-order valence-corrected chi connectivity index (χ0v) is 9.97. The summed E-state index contributed by atoms with van der Waals surface area (Å²) in [6.45, 7) is 4.10. The Balaban J connectivity index is 2.41. The molecule has 1 atom stereocenters. The topological polar surface area (TPSA) is 18.5 Å². The summed E-state index contributed by atoms with van der Waals surface area (Å²) in [5.41, 5.74) is 0.837. The van der Waals surface area contributed by atoms with Gasteiger partial charge in [0.05, 0.1) is 12.5 Å². The van der Waals surface area contributed by atoms with Crippen molar-refractivity contribution in [3.63, 3.8) is 0 Å². The lowest BCUT2D eigenvalue weighted by Crippen LogP contribution is -2.33. The summed E-state index contributed by atoms with van der Waals surface area (Å²) in [6.07, 6.45) is 0.814. The second kappa shape index (κ2) is 3.60. The highest BCUT2D eigenvalue weighted by Crippen LogP contribution is 2.44. The second-order valence-electron chi connectivity index (χ2n) is 4.44. The first kappa shape index (κ1) is 10.6. The van der Waals surface area contributed by atoms with Crippen LogP contribution in [0.5, 0.6) is 11.5 Å². The first-order valence-corrected chi connectivity index (χ1v) is 5.46. The van der Waals surface area contributed by atoms with E-state index in [4.69, 9.17) is 21.1 Å². The van der Waals surface area contributed by atoms with Gasteiger partial charge in [-0.25, -0.2) is 0 Å². The van der Waals surface area contributed by atoms with Crippen molar-refractivity contribution in [2.75, 3.05) is 7.11 Å². The lowest BCUT2D eigenvalue weighted by Gasteiger charge is -2.35. The molecule has 0 fully saturated rings. The maximum absolute atomic E-state index is 6.33. The fraction of sp³-hybridized carbons (Fsp3) is 0.500. The van der Waals surface area contributed by atoms with Crippen molar-refractivity contribution < 1.29 is 9.47 Å². The summed E-state index contributed by atoms with van der Waals surface area (Å²) < 4.78 is 11.0. The Morgan fingerprint density at radius 1 is 1.47 bits per heavy atom. The third kappa shape index (κ3) is 2.05. The van der Waals surface area contributed by atoms with E-state index in [1.165, 1.54) is 0 Å². The van der Waals surface area contributed by atoms with Crippen molar-refractivity contribution in [2.45, 2.75) is 31.2 Å². The van der Waals surface area contributed by atoms with Gasteiger partial charge in [0.25, 0.3) is 0 Å². The summed E-state index contributed by atoms with van der Waals surface area (Å²) in [5.74, 6) is 1.69. The number of alkyl halides is 1. The van der Waals surface area contributed by atoms with Gasteiger partial charge < -0.3 is 9.47 Å². The highest BCUT2D eigenvalue weighted by atomic mass is 35.5. The molecule has 2 nitrogen and oxygen atoms in total. The molecular weight excluding hydrogens is 212 g/mol. The number of methoxy groups -OCH3 is 1. The number of hydrogen-bond donors (Lipinski definition) is 0. The molecule has 0 saturated carbocycles. The molecule has 1 heterocycles. The molecule has 1 aromatic rings. The largest absolute Gasteiger partial charge is 0.497 e. The standard InChI is InChI=1S/C12H15ClO2/c1-12(2)7-10(13)9-6-8(14-3)4-5-11(9)15-12/h4-6,10H,7H2,1-3H3. The summed E-state index contributed by atoms with van der Waals surface area (Å²) in [6, 6.07) is 5.76. The second-order valence-corrected chi connectivity index (χ2v) is 4.96. The van der Waals surface area contributed by atoms with Gasteiger partial charge in [0.1, 0.15) is 17.1 Å². The maximum atomic E-state index is 6.33. The predicted octanol–water partition coefficient (Wildman–Crippen LogP) is 3.54. The first-order valence-electron chi connectivity index (χ1n) is 5.03. The van der Waals surface area contributed by atoms with E-state index in [9.17, 15) is 0 Å². The minimum absolute atomic E-state index is 0.00106. The Bertz CT molecular complexity index is 374. The molecular formula is C12H15ClO2. The SMILES string of the molecule is COc1ccc2c(c1)C(Cl)CC(C)(C)O2. The smallest absolute Gasteiger partial charge is 0.125 e. The molecule has 1 aliphatic heterocycles. The van der Waals surface area contributed by atoms with Crippen LogP contribution in [0.2, 0.25) is 0 Å². The molecule has 0 N–H and O–H groups in total. The third-order valence-corrected chi connectivity index (χ3v) is 3.00. The summed E-state index contributed by atoms with van der Waals surface area (Å²) in [5, 5.41) is -0.00106. The van der Waals surface area contributed by atoms with Crippen molar-refractivity contribution in [3.8, 4) is 11.5 Å². The fourth-order valence-corrected chi connectivity index (χ4v) is 2.41. The van der Waals surface area contributed by atoms with Crippen molar-refractivity contribution in [2.24, 2.45) is 0 Å². The molecule has 0 aliphatic carbocycles. The monoisotopic (exact) mass is 226 g/mol. The fourth-order valence-electron chi connectivity index (χ4n) is 1.87. The summed E-state index contributed by atoms with van der Waals surface area (Å²) >= 11 is 6.33. The Labute approximate surface area is 95.1 Å². The predicted molar refractivity (Wildman–Crippen MR) is 60.9 cm³/mol. The Kier molecular flexibility index (Phi) is 2.55. The maximum Gasteiger partial charge on any atom is 0.125 e. The molecule has 0 spiro atoms. The molecule has 82 valence electrons. The molecule has 1 aliphatic rings. The van der Waals surface area contributed by atoms with Crippen molar-refractivity contribution >= 4 is 11.6 Å². The van der Waals surface area contributed by atoms with Crippen LogP contribution in [0.15, 0.2) is 18.2 Å². The molecule has 2 rings (SSSR count). The van der Waals surface area contributed by atoms with Crippen LogP contribution in [0.3, 0.4) is 0 Å². The molecule has 0 amide bonds. The lowest BCUT2D eigenvalue weighted by atomic mass is 9.94. The van der Waals surface area contributed by atoms with Gasteiger partial charge in [-0.3, -0.25) is 0 Å². The van der Waals surface area contributed by atoms with E-state index >= 15 is 0 Å². The number of rotatable bonds is 1. The van der Waals surface area contributed by atoms with Gasteiger partial charge in [0.2, 0.25) is 0 Å². The van der Waals surface area contributed by atoms with Gasteiger partial charge in [0, 0.05) is 12.0 Å². The minimum Gasteiger partial charge on any atom is -0.497 e. The Morgan fingerprint density at radius 2 is 2.20 bits per heavy atom. The van der Waals surface area contributed by atoms with Crippen LogP contribution in [-0.2, 0) is 0 Å². The molecule has 0 radical (unpaired) electrons. The molecule has 1 aromatic carbocycles. The van der Waals surface area contributed by atoms with Gasteiger partial charge in [-0.1, -0.05) is 0 Å². The van der Waals surface area contributed by atoms with Gasteiger partial charge in [0.15, 0.2) is 0 Å². The summed E-state index contributed by atoms with van der Waals surface area (Å²) in [4.78, 5) is 0. The average Bonchev–Trinajstić information content (AvgIpc) is 2.15. The van der Waals surface area contributed by atoms with Crippen molar-refractivity contribution in [3.05, 3.63) is 23.8 Å². The van der Waals surface area contributed by atoms with Crippen molar-refractivity contribution in [1.29, 1.82) is 0 Å². The zero-order valence-electron chi connectivity index (χ0n) is 9.21. The third-order valence-electron chi connectivity index (χ3n) is 2.61. The Hall–Kier alpha value is -0.890. The highest BCUT2D eigenvalue weighted by Gasteiger charge is 2.32. The van der Waals surface area contributed by atoms with Crippen LogP contribution in [0, 0.1) is 0 Å². The van der Waals surface area contributed by atoms with E-state index in [0.717, 1.165) is 23.5 Å². The van der Waals surface area contributed by atoms with Crippen LogP contribution in [-0.4, -0.2) is 12.7 Å². The molecule has 15 heavy (non-hydrogen) atoms. The number of halogens is 1. The number of benzene rings is 1. The number of fused-ring (bicyclic) bond motifs is 1. The van der Waals surface area contributed by atoms with E-state index in [1.807, 2.05) is 18.2 Å². The van der Waals surface area contributed by atoms with E-state index < -0.39 is 0 Å². The van der Waals surface area contributed by atoms with Crippen LogP contribution in [0.25, 0.3) is 0 Å². The molecule has 0 saturated heterocycles. The van der Waals surface area contributed by atoms with Crippen molar-refractivity contribution in [1.82, 2.24) is 0 Å². The van der Waals surface area contributed by atoms with Crippen LogP contribution in [0.4, 0.5) is 0 Å². The van der Waals surface area contributed by atoms with Gasteiger partial charge in [-0.05, 0) is 32.0 Å². The van der Waals surface area contributed by atoms with Crippen LogP contribution >= 0.6 is 11.6 Å². The first-order chi connectivity index (χ1) is 7.02. The van der Waals surface area contributed by atoms with Gasteiger partial charge >= 0.3 is 0 Å². The van der Waals surface area contributed by atoms with E-state index in [2.05, 4.69) is 13.8 Å². The van der Waals surface area contributed by atoms with Gasteiger partial charge in [-0.2, -0.15) is 0 Å². The number of hydrogen-bond acceptors (Lipinski definition) is 2. The quantitative estimate of drug-likeness (QED) is 0.682. The Morgan fingerprint density at radius 3 is 2.87 bits per heavy atom. The van der Waals surface area contributed by atoms with Gasteiger partial charge in [-0.15, -0.1) is 11.6 Å². The molecule has 0 aromatic heterocycles. The molecule has 3 heteroatoms. The molecule has 1 unspecified atom stereocenters. The normalized spacial score (nSPS) is 22.8. The van der Waals surface area contributed by atoms with Crippen LogP contribution < -0.4 is 9.47 Å². The van der Waals surface area contributed by atoms with E-state index in [1.54, 1.807) is 7.11 Å². The van der Waals surface area contributed by atoms with Crippen LogP contribution in [0.1, 0.15) is 31.2 Å². The highest BCUT2D eigenvalue weighted by molar-refractivity contribution is 6.21. The summed E-state index contributed by atoms with van der Waals surface area (Å²) in [7, 11) is 1.65. The minimum atomic E-state index is -0.187. The lowest BCUT2D eigenvalue weighted by molar-refractivity contribution is 0.0824.